The maximum atomic E-state index is 13.3. The van der Waals surface area contributed by atoms with Crippen LogP contribution in [0.3, 0.4) is 0 Å². The van der Waals surface area contributed by atoms with Crippen molar-refractivity contribution in [3.63, 3.8) is 0 Å². The lowest BCUT2D eigenvalue weighted by Crippen LogP contribution is -2.17. The van der Waals surface area contributed by atoms with E-state index in [0.717, 1.165) is 0 Å². The van der Waals surface area contributed by atoms with Gasteiger partial charge in [-0.3, -0.25) is 0 Å². The molecule has 0 fully saturated rings. The molecule has 1 atom stereocenters. The number of aryl methyl sites for hydroxylation is 1. The molecule has 78 valence electrons. The largest absolute Gasteiger partial charge is 0.392 e. The number of aliphatic hydroxyl groups excluding tert-OH is 1. The summed E-state index contributed by atoms with van der Waals surface area (Å²) in [5.41, 5.74) is 0.199. The Morgan fingerprint density at radius 3 is 2.64 bits per heavy atom. The van der Waals surface area contributed by atoms with Crippen molar-refractivity contribution in [1.82, 2.24) is 0 Å². The van der Waals surface area contributed by atoms with E-state index in [-0.39, 0.29) is 12.2 Å². The first-order chi connectivity index (χ1) is 6.52. The Labute approximate surface area is 81.6 Å². The van der Waals surface area contributed by atoms with Crippen molar-refractivity contribution < 1.29 is 13.9 Å². The second-order valence-corrected chi connectivity index (χ2v) is 3.28. The molecule has 1 aromatic carbocycles. The molecule has 2 N–H and O–H groups in total. The standard InChI is InChI=1S/C10H13F2NO/c1-6-3-4-8(11)10(9(6)12)13-5-7(2)14/h3-4,7,13-14H,5H2,1-2H3/t7-/m1/s1. The van der Waals surface area contributed by atoms with E-state index in [9.17, 15) is 8.78 Å². The van der Waals surface area contributed by atoms with Crippen LogP contribution in [0, 0.1) is 18.6 Å². The first-order valence-corrected chi connectivity index (χ1v) is 4.39. The molecular formula is C10H13F2NO. The number of benzene rings is 1. The Morgan fingerprint density at radius 1 is 1.43 bits per heavy atom. The van der Waals surface area contributed by atoms with Gasteiger partial charge in [0.2, 0.25) is 0 Å². The molecule has 0 aliphatic carbocycles. The summed E-state index contributed by atoms with van der Waals surface area (Å²) in [5.74, 6) is -1.25. The van der Waals surface area contributed by atoms with Gasteiger partial charge in [-0.2, -0.15) is 0 Å². The molecule has 0 aliphatic heterocycles. The number of nitrogens with one attached hydrogen (secondary N) is 1. The summed E-state index contributed by atoms with van der Waals surface area (Å²) in [5, 5.41) is 11.5. The lowest BCUT2D eigenvalue weighted by molar-refractivity contribution is 0.208. The van der Waals surface area contributed by atoms with Crippen LogP contribution in [-0.2, 0) is 0 Å². The normalized spacial score (nSPS) is 12.6. The monoisotopic (exact) mass is 201 g/mol. The van der Waals surface area contributed by atoms with Gasteiger partial charge < -0.3 is 10.4 Å². The minimum Gasteiger partial charge on any atom is -0.392 e. The molecule has 4 heteroatoms. The topological polar surface area (TPSA) is 32.3 Å². The number of rotatable bonds is 3. The lowest BCUT2D eigenvalue weighted by Gasteiger charge is -2.11. The third-order valence-electron chi connectivity index (χ3n) is 1.86. The summed E-state index contributed by atoms with van der Waals surface area (Å²) < 4.78 is 26.4. The molecule has 0 saturated heterocycles. The van der Waals surface area contributed by atoms with Crippen molar-refractivity contribution in [3.05, 3.63) is 29.3 Å². The lowest BCUT2D eigenvalue weighted by atomic mass is 10.2. The summed E-state index contributed by atoms with van der Waals surface area (Å²) in [6.07, 6.45) is -0.644. The highest BCUT2D eigenvalue weighted by Crippen LogP contribution is 2.21. The fourth-order valence-electron chi connectivity index (χ4n) is 1.07. The van der Waals surface area contributed by atoms with E-state index in [1.165, 1.54) is 12.1 Å². The average Bonchev–Trinajstić information content (AvgIpc) is 2.11. The van der Waals surface area contributed by atoms with E-state index < -0.39 is 17.7 Å². The molecule has 0 spiro atoms. The summed E-state index contributed by atoms with van der Waals surface area (Å²) in [7, 11) is 0. The Bertz CT molecular complexity index is 326. The molecule has 0 bridgehead atoms. The van der Waals surface area contributed by atoms with Crippen molar-refractivity contribution in [2.45, 2.75) is 20.0 Å². The number of anilines is 1. The van der Waals surface area contributed by atoms with Gasteiger partial charge in [-0.1, -0.05) is 6.07 Å². The molecule has 1 rings (SSSR count). The molecule has 0 heterocycles. The first kappa shape index (κ1) is 10.9. The van der Waals surface area contributed by atoms with Crippen molar-refractivity contribution in [2.75, 3.05) is 11.9 Å². The van der Waals surface area contributed by atoms with Gasteiger partial charge in [0.25, 0.3) is 0 Å². The van der Waals surface area contributed by atoms with Crippen LogP contribution in [0.1, 0.15) is 12.5 Å². The predicted molar refractivity (Wildman–Crippen MR) is 51.3 cm³/mol. The molecule has 0 aliphatic rings. The van der Waals surface area contributed by atoms with E-state index in [1.54, 1.807) is 13.8 Å². The van der Waals surface area contributed by atoms with Gasteiger partial charge in [0, 0.05) is 6.54 Å². The molecule has 0 aromatic heterocycles. The highest BCUT2D eigenvalue weighted by atomic mass is 19.1. The fourth-order valence-corrected chi connectivity index (χ4v) is 1.07. The van der Waals surface area contributed by atoms with Crippen LogP contribution >= 0.6 is 0 Å². The van der Waals surface area contributed by atoms with E-state index >= 15 is 0 Å². The number of aliphatic hydroxyl groups is 1. The summed E-state index contributed by atoms with van der Waals surface area (Å²) in [4.78, 5) is 0. The van der Waals surface area contributed by atoms with Gasteiger partial charge >= 0.3 is 0 Å². The van der Waals surface area contributed by atoms with E-state index in [1.807, 2.05) is 0 Å². The molecule has 14 heavy (non-hydrogen) atoms. The minimum atomic E-state index is -0.645. The fraction of sp³-hybridized carbons (Fsp3) is 0.400. The number of halogens is 2. The SMILES string of the molecule is Cc1ccc(F)c(NC[C@@H](C)O)c1F. The molecule has 0 radical (unpaired) electrons. The van der Waals surface area contributed by atoms with E-state index in [4.69, 9.17) is 5.11 Å². The molecular weight excluding hydrogens is 188 g/mol. The van der Waals surface area contributed by atoms with Crippen LogP contribution < -0.4 is 5.32 Å². The zero-order valence-corrected chi connectivity index (χ0v) is 8.14. The summed E-state index contributed by atoms with van der Waals surface area (Å²) >= 11 is 0. The van der Waals surface area contributed by atoms with Crippen LogP contribution in [0.2, 0.25) is 0 Å². The Kier molecular flexibility index (Phi) is 3.41. The molecule has 0 amide bonds. The maximum Gasteiger partial charge on any atom is 0.152 e. The van der Waals surface area contributed by atoms with E-state index in [0.29, 0.717) is 5.56 Å². The molecule has 0 saturated carbocycles. The maximum absolute atomic E-state index is 13.3. The zero-order valence-electron chi connectivity index (χ0n) is 8.14. The van der Waals surface area contributed by atoms with Crippen LogP contribution in [0.15, 0.2) is 12.1 Å². The first-order valence-electron chi connectivity index (χ1n) is 4.39. The summed E-state index contributed by atoms with van der Waals surface area (Å²) in [6.45, 7) is 3.22. The second kappa shape index (κ2) is 4.37. The van der Waals surface area contributed by atoms with E-state index in [2.05, 4.69) is 5.32 Å². The van der Waals surface area contributed by atoms with Crippen molar-refractivity contribution in [2.24, 2.45) is 0 Å². The van der Waals surface area contributed by atoms with Gasteiger partial charge in [-0.05, 0) is 25.5 Å². The van der Waals surface area contributed by atoms with Crippen LogP contribution in [0.5, 0.6) is 0 Å². The van der Waals surface area contributed by atoms with Crippen LogP contribution in [-0.4, -0.2) is 17.8 Å². The van der Waals surface area contributed by atoms with Crippen molar-refractivity contribution >= 4 is 5.69 Å². The van der Waals surface area contributed by atoms with Gasteiger partial charge in [0.15, 0.2) is 5.82 Å². The molecule has 0 unspecified atom stereocenters. The molecule has 2 nitrogen and oxygen atoms in total. The smallest absolute Gasteiger partial charge is 0.152 e. The third kappa shape index (κ3) is 2.42. The predicted octanol–water partition coefficient (Wildman–Crippen LogP) is 2.07. The minimum absolute atomic E-state index is 0.122. The Morgan fingerprint density at radius 2 is 2.07 bits per heavy atom. The highest BCUT2D eigenvalue weighted by Gasteiger charge is 2.11. The third-order valence-corrected chi connectivity index (χ3v) is 1.86. The zero-order chi connectivity index (χ0) is 10.7. The van der Waals surface area contributed by atoms with Crippen molar-refractivity contribution in [3.8, 4) is 0 Å². The second-order valence-electron chi connectivity index (χ2n) is 3.28. The van der Waals surface area contributed by atoms with Gasteiger partial charge in [-0.15, -0.1) is 0 Å². The Hall–Kier alpha value is -1.16. The van der Waals surface area contributed by atoms with Crippen LogP contribution in [0.4, 0.5) is 14.5 Å². The summed E-state index contributed by atoms with van der Waals surface area (Å²) in [6, 6.07) is 2.57. The van der Waals surface area contributed by atoms with Gasteiger partial charge in [-0.25, -0.2) is 8.78 Å². The van der Waals surface area contributed by atoms with Gasteiger partial charge in [0.1, 0.15) is 11.5 Å². The van der Waals surface area contributed by atoms with Crippen LogP contribution in [0.25, 0.3) is 0 Å². The molecule has 1 aromatic rings. The Balaban J connectivity index is 2.89. The van der Waals surface area contributed by atoms with Crippen molar-refractivity contribution in [1.29, 1.82) is 0 Å². The quantitative estimate of drug-likeness (QED) is 0.784. The highest BCUT2D eigenvalue weighted by molar-refractivity contribution is 5.48. The number of hydrogen-bond acceptors (Lipinski definition) is 2. The average molecular weight is 201 g/mol. The number of hydrogen-bond donors (Lipinski definition) is 2. The van der Waals surface area contributed by atoms with Gasteiger partial charge in [0.05, 0.1) is 6.10 Å².